The van der Waals surface area contributed by atoms with Gasteiger partial charge in [-0.05, 0) is 11.6 Å². The molecule has 0 aliphatic carbocycles. The molecular formula is C14H13N5O4. The van der Waals surface area contributed by atoms with Gasteiger partial charge in [-0.15, -0.1) is 0 Å². The monoisotopic (exact) mass is 315 g/mol. The molecule has 0 atom stereocenters. The molecule has 0 spiro atoms. The summed E-state index contributed by atoms with van der Waals surface area (Å²) in [4.78, 5) is 33.3. The van der Waals surface area contributed by atoms with Crippen molar-refractivity contribution in [1.29, 1.82) is 0 Å². The summed E-state index contributed by atoms with van der Waals surface area (Å²) in [5.74, 6) is -1.24. The highest BCUT2D eigenvalue weighted by molar-refractivity contribution is 6.06. The van der Waals surface area contributed by atoms with E-state index in [-0.39, 0.29) is 17.1 Å². The number of nitro groups is 1. The zero-order chi connectivity index (χ0) is 17.0. The average Bonchev–Trinajstić information content (AvgIpc) is 2.86. The molecule has 1 heterocycles. The van der Waals surface area contributed by atoms with Crippen molar-refractivity contribution < 1.29 is 14.5 Å². The number of nitrogens with one attached hydrogen (secondary N) is 1. The Morgan fingerprint density at radius 2 is 2.17 bits per heavy atom. The van der Waals surface area contributed by atoms with Crippen LogP contribution in [0.2, 0.25) is 0 Å². The van der Waals surface area contributed by atoms with E-state index in [4.69, 9.17) is 5.73 Å². The number of nitrogens with zero attached hydrogens (tertiary/aromatic N) is 3. The van der Waals surface area contributed by atoms with E-state index in [9.17, 15) is 19.7 Å². The molecule has 9 heteroatoms. The zero-order valence-corrected chi connectivity index (χ0v) is 12.1. The molecule has 3 N–H and O–H groups in total. The lowest BCUT2D eigenvalue weighted by atomic mass is 10.2. The van der Waals surface area contributed by atoms with Gasteiger partial charge in [0.05, 0.1) is 16.8 Å². The summed E-state index contributed by atoms with van der Waals surface area (Å²) in [7, 11) is 1.52. The normalized spacial score (nSPS) is 10.7. The van der Waals surface area contributed by atoms with Crippen LogP contribution in [0, 0.1) is 10.1 Å². The highest BCUT2D eigenvalue weighted by Gasteiger charge is 2.15. The lowest BCUT2D eigenvalue weighted by molar-refractivity contribution is -0.384. The molecule has 9 nitrogen and oxygen atoms in total. The van der Waals surface area contributed by atoms with Gasteiger partial charge in [0.15, 0.2) is 0 Å². The molecule has 0 unspecified atom stereocenters. The third-order valence-corrected chi connectivity index (χ3v) is 2.94. The number of rotatable bonds is 5. The Balaban J connectivity index is 2.12. The largest absolute Gasteiger partial charge is 0.364 e. The van der Waals surface area contributed by atoms with Crippen LogP contribution in [-0.4, -0.2) is 26.5 Å². The van der Waals surface area contributed by atoms with E-state index in [0.29, 0.717) is 5.56 Å². The molecule has 2 rings (SSSR count). The molecular weight excluding hydrogens is 302 g/mol. The molecule has 118 valence electrons. The standard InChI is InChI=1S/C14H13N5O4/c1-18-13(14(15)21)11(8-16-18)17-12(20)6-5-9-3-2-4-10(7-9)19(22)23/h2-8H,1H3,(H2,15,21)(H,17,20)/b6-5+. The fraction of sp³-hybridized carbons (Fsp3) is 0.0714. The van der Waals surface area contributed by atoms with Gasteiger partial charge in [-0.1, -0.05) is 12.1 Å². The number of hydrogen-bond acceptors (Lipinski definition) is 5. The summed E-state index contributed by atoms with van der Waals surface area (Å²) in [5.41, 5.74) is 5.90. The minimum Gasteiger partial charge on any atom is -0.364 e. The second kappa shape index (κ2) is 6.52. The molecule has 1 aromatic heterocycles. The van der Waals surface area contributed by atoms with Crippen molar-refractivity contribution >= 4 is 29.3 Å². The van der Waals surface area contributed by atoms with Crippen LogP contribution in [0.1, 0.15) is 16.1 Å². The van der Waals surface area contributed by atoms with Crippen molar-refractivity contribution in [2.24, 2.45) is 12.8 Å². The van der Waals surface area contributed by atoms with Crippen molar-refractivity contribution in [3.8, 4) is 0 Å². The number of nitrogens with two attached hydrogens (primary N) is 1. The van der Waals surface area contributed by atoms with Crippen LogP contribution < -0.4 is 11.1 Å². The van der Waals surface area contributed by atoms with E-state index in [1.165, 1.54) is 48.3 Å². The van der Waals surface area contributed by atoms with Gasteiger partial charge in [0.1, 0.15) is 5.69 Å². The highest BCUT2D eigenvalue weighted by Crippen LogP contribution is 2.15. The molecule has 0 saturated carbocycles. The Kier molecular flexibility index (Phi) is 4.50. The number of carbonyl (C=O) groups is 2. The molecule has 2 amide bonds. The third-order valence-electron chi connectivity index (χ3n) is 2.94. The SMILES string of the molecule is Cn1ncc(NC(=O)/C=C/c2cccc([N+](=O)[O-])c2)c1C(N)=O. The van der Waals surface area contributed by atoms with Gasteiger partial charge >= 0.3 is 0 Å². The van der Waals surface area contributed by atoms with Crippen LogP contribution in [0.25, 0.3) is 6.08 Å². The predicted octanol–water partition coefficient (Wildman–Crippen LogP) is 1.08. The number of carbonyl (C=O) groups excluding carboxylic acids is 2. The molecule has 0 saturated heterocycles. The quantitative estimate of drug-likeness (QED) is 0.484. The maximum atomic E-state index is 11.9. The number of primary amides is 1. The summed E-state index contributed by atoms with van der Waals surface area (Å²) >= 11 is 0. The topological polar surface area (TPSA) is 133 Å². The molecule has 0 fully saturated rings. The number of aromatic nitrogens is 2. The van der Waals surface area contributed by atoms with Crippen LogP contribution >= 0.6 is 0 Å². The van der Waals surface area contributed by atoms with Gasteiger partial charge in [-0.25, -0.2) is 0 Å². The Bertz CT molecular complexity index is 809. The lowest BCUT2D eigenvalue weighted by Gasteiger charge is -2.02. The summed E-state index contributed by atoms with van der Waals surface area (Å²) in [5, 5.41) is 17.0. The molecule has 1 aromatic carbocycles. The number of benzene rings is 1. The Morgan fingerprint density at radius 3 is 2.83 bits per heavy atom. The molecule has 0 aliphatic rings. The molecule has 2 aromatic rings. The van der Waals surface area contributed by atoms with E-state index in [1.807, 2.05) is 0 Å². The van der Waals surface area contributed by atoms with E-state index < -0.39 is 16.7 Å². The first-order valence-corrected chi connectivity index (χ1v) is 6.44. The van der Waals surface area contributed by atoms with Crippen LogP contribution in [0.15, 0.2) is 36.5 Å². The molecule has 0 radical (unpaired) electrons. The second-order valence-corrected chi connectivity index (χ2v) is 4.57. The van der Waals surface area contributed by atoms with Crippen molar-refractivity contribution in [2.75, 3.05) is 5.32 Å². The predicted molar refractivity (Wildman–Crippen MR) is 82.5 cm³/mol. The van der Waals surface area contributed by atoms with E-state index in [0.717, 1.165) is 0 Å². The molecule has 0 bridgehead atoms. The van der Waals surface area contributed by atoms with Gasteiger partial charge in [-0.3, -0.25) is 24.4 Å². The third kappa shape index (κ3) is 3.79. The van der Waals surface area contributed by atoms with E-state index >= 15 is 0 Å². The number of hydrogen-bond donors (Lipinski definition) is 2. The van der Waals surface area contributed by atoms with Crippen LogP contribution in [-0.2, 0) is 11.8 Å². The molecule has 0 aliphatic heterocycles. The fourth-order valence-corrected chi connectivity index (χ4v) is 1.91. The smallest absolute Gasteiger partial charge is 0.270 e. The van der Waals surface area contributed by atoms with Crippen molar-refractivity contribution in [3.05, 3.63) is 57.9 Å². The van der Waals surface area contributed by atoms with Gasteiger partial charge in [0.2, 0.25) is 5.91 Å². The first kappa shape index (κ1) is 15.9. The zero-order valence-electron chi connectivity index (χ0n) is 12.1. The van der Waals surface area contributed by atoms with Crippen molar-refractivity contribution in [2.45, 2.75) is 0 Å². The van der Waals surface area contributed by atoms with Gasteiger partial charge in [0.25, 0.3) is 11.6 Å². The van der Waals surface area contributed by atoms with Gasteiger partial charge in [0, 0.05) is 25.3 Å². The average molecular weight is 315 g/mol. The lowest BCUT2D eigenvalue weighted by Crippen LogP contribution is -2.19. The number of aryl methyl sites for hydroxylation is 1. The van der Waals surface area contributed by atoms with Crippen LogP contribution in [0.5, 0.6) is 0 Å². The number of non-ortho nitro benzene ring substituents is 1. The van der Waals surface area contributed by atoms with E-state index in [2.05, 4.69) is 10.4 Å². The molecule has 23 heavy (non-hydrogen) atoms. The van der Waals surface area contributed by atoms with E-state index in [1.54, 1.807) is 6.07 Å². The minimum atomic E-state index is -0.719. The van der Waals surface area contributed by atoms with Gasteiger partial charge < -0.3 is 11.1 Å². The number of nitro benzene ring substituents is 1. The van der Waals surface area contributed by atoms with Crippen LogP contribution in [0.4, 0.5) is 11.4 Å². The second-order valence-electron chi connectivity index (χ2n) is 4.57. The Hall–Kier alpha value is -3.49. The number of anilines is 1. The Morgan fingerprint density at radius 1 is 1.43 bits per heavy atom. The fourth-order valence-electron chi connectivity index (χ4n) is 1.91. The first-order chi connectivity index (χ1) is 10.9. The summed E-state index contributed by atoms with van der Waals surface area (Å²) in [6.45, 7) is 0. The summed E-state index contributed by atoms with van der Waals surface area (Å²) < 4.78 is 1.25. The van der Waals surface area contributed by atoms with Gasteiger partial charge in [-0.2, -0.15) is 5.10 Å². The number of amides is 2. The summed E-state index contributed by atoms with van der Waals surface area (Å²) in [6, 6.07) is 5.83. The van der Waals surface area contributed by atoms with Crippen molar-refractivity contribution in [1.82, 2.24) is 9.78 Å². The maximum absolute atomic E-state index is 11.9. The van der Waals surface area contributed by atoms with Crippen LogP contribution in [0.3, 0.4) is 0 Å². The first-order valence-electron chi connectivity index (χ1n) is 6.44. The van der Waals surface area contributed by atoms with Crippen molar-refractivity contribution in [3.63, 3.8) is 0 Å². The minimum absolute atomic E-state index is 0.0714. The highest BCUT2D eigenvalue weighted by atomic mass is 16.6. The maximum Gasteiger partial charge on any atom is 0.270 e. The Labute approximate surface area is 130 Å². The summed E-state index contributed by atoms with van der Waals surface area (Å²) in [6.07, 6.45) is 3.92.